The van der Waals surface area contributed by atoms with Crippen molar-refractivity contribution in [3.63, 3.8) is 0 Å². The largest absolute Gasteiger partial charge is 0.347 e. The van der Waals surface area contributed by atoms with Gasteiger partial charge in [-0.15, -0.1) is 10.2 Å². The first kappa shape index (κ1) is 20.8. The fraction of sp³-hybridized carbons (Fsp3) is 0.304. The molecule has 1 N–H and O–H groups in total. The van der Waals surface area contributed by atoms with E-state index >= 15 is 0 Å². The number of carbonyl (C=O) groups is 1. The van der Waals surface area contributed by atoms with Crippen LogP contribution in [-0.2, 0) is 4.79 Å². The van der Waals surface area contributed by atoms with Gasteiger partial charge >= 0.3 is 0 Å². The number of aromatic nitrogens is 3. The molecule has 1 amide bonds. The number of piperidine rings is 1. The average molecular weight is 433 g/mol. The van der Waals surface area contributed by atoms with Crippen LogP contribution in [-0.4, -0.2) is 33.8 Å². The molecule has 1 aliphatic heterocycles. The van der Waals surface area contributed by atoms with E-state index in [0.29, 0.717) is 5.13 Å². The van der Waals surface area contributed by atoms with E-state index in [0.717, 1.165) is 53.7 Å². The molecule has 0 aliphatic carbocycles. The molecule has 3 heterocycles. The van der Waals surface area contributed by atoms with Gasteiger partial charge in [0, 0.05) is 30.2 Å². The molecule has 4 rings (SSSR count). The summed E-state index contributed by atoms with van der Waals surface area (Å²) in [5.41, 5.74) is 3.90. The minimum Gasteiger partial charge on any atom is -0.347 e. The number of para-hydroxylation sites is 1. The average Bonchev–Trinajstić information content (AvgIpc) is 3.37. The van der Waals surface area contributed by atoms with Gasteiger partial charge in [0.15, 0.2) is 0 Å². The van der Waals surface area contributed by atoms with Crippen LogP contribution >= 0.6 is 11.3 Å². The maximum absolute atomic E-state index is 12.7. The van der Waals surface area contributed by atoms with Crippen LogP contribution in [0.15, 0.2) is 42.0 Å². The van der Waals surface area contributed by atoms with Gasteiger partial charge in [0.25, 0.3) is 5.91 Å². The first-order valence-corrected chi connectivity index (χ1v) is 11.1. The van der Waals surface area contributed by atoms with E-state index in [1.165, 1.54) is 17.8 Å². The number of aryl methyl sites for hydroxylation is 1. The molecule has 3 aromatic rings. The van der Waals surface area contributed by atoms with Crippen LogP contribution in [0, 0.1) is 25.2 Å². The summed E-state index contributed by atoms with van der Waals surface area (Å²) in [5, 5.41) is 21.8. The second-order valence-corrected chi connectivity index (χ2v) is 8.51. The maximum atomic E-state index is 12.7. The summed E-state index contributed by atoms with van der Waals surface area (Å²) >= 11 is 1.34. The van der Waals surface area contributed by atoms with Gasteiger partial charge in [0.1, 0.15) is 11.6 Å². The molecule has 7 nitrogen and oxygen atoms in total. The summed E-state index contributed by atoms with van der Waals surface area (Å²) in [6, 6.07) is 14.0. The number of nitrogens with zero attached hydrogens (tertiary/aromatic N) is 5. The van der Waals surface area contributed by atoms with Crippen molar-refractivity contribution in [2.75, 3.05) is 23.3 Å². The van der Waals surface area contributed by atoms with Crippen molar-refractivity contribution in [3.05, 3.63) is 58.9 Å². The zero-order valence-corrected chi connectivity index (χ0v) is 18.4. The van der Waals surface area contributed by atoms with Gasteiger partial charge in [-0.3, -0.25) is 10.1 Å². The van der Waals surface area contributed by atoms with Gasteiger partial charge in [-0.2, -0.15) is 5.26 Å². The van der Waals surface area contributed by atoms with E-state index in [9.17, 15) is 10.1 Å². The molecule has 0 bridgehead atoms. The predicted molar refractivity (Wildman–Crippen MR) is 123 cm³/mol. The molecule has 1 aromatic carbocycles. The van der Waals surface area contributed by atoms with Crippen LogP contribution in [0.3, 0.4) is 0 Å². The number of nitriles is 1. The number of rotatable bonds is 5. The van der Waals surface area contributed by atoms with E-state index in [1.54, 1.807) is 6.08 Å². The fourth-order valence-corrected chi connectivity index (χ4v) is 4.65. The summed E-state index contributed by atoms with van der Waals surface area (Å²) in [6.45, 7) is 5.91. The number of nitrogens with one attached hydrogen (secondary N) is 1. The Hall–Kier alpha value is -3.44. The van der Waals surface area contributed by atoms with Gasteiger partial charge in [0.05, 0.1) is 0 Å². The Kier molecular flexibility index (Phi) is 6.14. The van der Waals surface area contributed by atoms with Crippen molar-refractivity contribution in [1.29, 1.82) is 5.26 Å². The standard InChI is InChI=1S/C23H24N6OS/c1-16-13-18(17(2)29(16)20-9-5-3-6-10-20)14-19(15-24)21(30)25-22-26-27-23(31-22)28-11-7-4-8-12-28/h3,5-6,9-10,13-14H,4,7-8,11-12H2,1-2H3,(H,25,26,30)/b19-14-. The molecule has 8 heteroatoms. The van der Waals surface area contributed by atoms with Gasteiger partial charge in [0.2, 0.25) is 10.3 Å². The molecule has 0 atom stereocenters. The smallest absolute Gasteiger partial charge is 0.268 e. The minimum absolute atomic E-state index is 0.0306. The third kappa shape index (κ3) is 4.52. The summed E-state index contributed by atoms with van der Waals surface area (Å²) in [5.74, 6) is -0.478. The van der Waals surface area contributed by atoms with Crippen molar-refractivity contribution < 1.29 is 4.79 Å². The second kappa shape index (κ2) is 9.14. The van der Waals surface area contributed by atoms with Gasteiger partial charge in [-0.25, -0.2) is 0 Å². The zero-order chi connectivity index (χ0) is 21.8. The molecule has 0 saturated carbocycles. The first-order chi connectivity index (χ1) is 15.1. The molecule has 0 unspecified atom stereocenters. The van der Waals surface area contributed by atoms with Gasteiger partial charge in [-0.05, 0) is 62.9 Å². The number of amides is 1. The van der Waals surface area contributed by atoms with E-state index in [-0.39, 0.29) is 5.57 Å². The molecule has 2 aromatic heterocycles. The Morgan fingerprint density at radius 2 is 1.90 bits per heavy atom. The molecule has 1 fully saturated rings. The Labute approximate surface area is 185 Å². The lowest BCUT2D eigenvalue weighted by Crippen LogP contribution is -2.29. The quantitative estimate of drug-likeness (QED) is 0.474. The van der Waals surface area contributed by atoms with Crippen LogP contribution in [0.1, 0.15) is 36.2 Å². The molecule has 31 heavy (non-hydrogen) atoms. The van der Waals surface area contributed by atoms with Crippen LogP contribution < -0.4 is 10.2 Å². The van der Waals surface area contributed by atoms with Crippen LogP contribution in [0.2, 0.25) is 0 Å². The summed E-state index contributed by atoms with van der Waals surface area (Å²) in [6.07, 6.45) is 5.15. The molecular formula is C23H24N6OS. The zero-order valence-electron chi connectivity index (χ0n) is 17.6. The minimum atomic E-state index is -0.478. The maximum Gasteiger partial charge on any atom is 0.268 e. The Morgan fingerprint density at radius 3 is 2.61 bits per heavy atom. The predicted octanol–water partition coefficient (Wildman–Crippen LogP) is 4.48. The fourth-order valence-electron chi connectivity index (χ4n) is 3.86. The highest BCUT2D eigenvalue weighted by atomic mass is 32.1. The number of carbonyl (C=O) groups excluding carboxylic acids is 1. The summed E-state index contributed by atoms with van der Waals surface area (Å²) < 4.78 is 2.11. The SMILES string of the molecule is Cc1cc(/C=C(/C#N)C(=O)Nc2nnc(N3CCCCC3)s2)c(C)n1-c1ccccc1. The summed E-state index contributed by atoms with van der Waals surface area (Å²) in [7, 11) is 0. The van der Waals surface area contributed by atoms with E-state index < -0.39 is 5.91 Å². The second-order valence-electron chi connectivity index (χ2n) is 7.56. The molecular weight excluding hydrogens is 408 g/mol. The van der Waals surface area contributed by atoms with Crippen molar-refractivity contribution in [1.82, 2.24) is 14.8 Å². The molecule has 0 spiro atoms. The monoisotopic (exact) mass is 432 g/mol. The van der Waals surface area contributed by atoms with Crippen molar-refractivity contribution in [2.45, 2.75) is 33.1 Å². The van der Waals surface area contributed by atoms with Crippen LogP contribution in [0.5, 0.6) is 0 Å². The molecule has 0 radical (unpaired) electrons. The third-order valence-electron chi connectivity index (χ3n) is 5.41. The topological polar surface area (TPSA) is 86.8 Å². The Bertz CT molecular complexity index is 1150. The Balaban J connectivity index is 1.53. The van der Waals surface area contributed by atoms with Gasteiger partial charge in [-0.1, -0.05) is 29.5 Å². The van der Waals surface area contributed by atoms with E-state index in [4.69, 9.17) is 0 Å². The molecule has 158 valence electrons. The number of hydrogen-bond acceptors (Lipinski definition) is 6. The lowest BCUT2D eigenvalue weighted by Gasteiger charge is -2.25. The van der Waals surface area contributed by atoms with Crippen LogP contribution in [0.25, 0.3) is 11.8 Å². The Morgan fingerprint density at radius 1 is 1.16 bits per heavy atom. The van der Waals surface area contributed by atoms with E-state index in [1.807, 2.05) is 56.3 Å². The van der Waals surface area contributed by atoms with Crippen LogP contribution in [0.4, 0.5) is 10.3 Å². The third-order valence-corrected chi connectivity index (χ3v) is 6.31. The first-order valence-electron chi connectivity index (χ1n) is 10.3. The van der Waals surface area contributed by atoms with Crippen molar-refractivity contribution >= 4 is 33.6 Å². The lowest BCUT2D eigenvalue weighted by atomic mass is 10.1. The number of benzene rings is 1. The lowest BCUT2D eigenvalue weighted by molar-refractivity contribution is -0.112. The summed E-state index contributed by atoms with van der Waals surface area (Å²) in [4.78, 5) is 14.9. The normalized spacial score (nSPS) is 14.4. The highest BCUT2D eigenvalue weighted by molar-refractivity contribution is 7.19. The highest BCUT2D eigenvalue weighted by Gasteiger charge is 2.18. The van der Waals surface area contributed by atoms with E-state index in [2.05, 4.69) is 25.0 Å². The molecule has 1 aliphatic rings. The number of anilines is 2. The van der Waals surface area contributed by atoms with Crippen molar-refractivity contribution in [3.8, 4) is 11.8 Å². The highest BCUT2D eigenvalue weighted by Crippen LogP contribution is 2.27. The van der Waals surface area contributed by atoms with Crippen molar-refractivity contribution in [2.24, 2.45) is 0 Å². The number of hydrogen-bond donors (Lipinski definition) is 1. The molecule has 1 saturated heterocycles. The van der Waals surface area contributed by atoms with Gasteiger partial charge < -0.3 is 9.47 Å².